The second-order valence-corrected chi connectivity index (χ2v) is 6.90. The SMILES string of the molecule is COc1c(C)cccc1C(=O)N1CCc2c(nn(C)c2-c2ccccc2)C1. The first-order valence-corrected chi connectivity index (χ1v) is 9.13. The van der Waals surface area contributed by atoms with Gasteiger partial charge in [0.25, 0.3) is 5.91 Å². The first-order chi connectivity index (χ1) is 13.1. The van der Waals surface area contributed by atoms with Crippen LogP contribution in [0.25, 0.3) is 11.3 Å². The summed E-state index contributed by atoms with van der Waals surface area (Å²) < 4.78 is 7.40. The molecule has 0 aliphatic carbocycles. The number of amides is 1. The molecule has 3 aromatic rings. The first kappa shape index (κ1) is 17.3. The fraction of sp³-hybridized carbons (Fsp3) is 0.273. The summed E-state index contributed by atoms with van der Waals surface area (Å²) in [5, 5.41) is 4.71. The Balaban J connectivity index is 1.65. The monoisotopic (exact) mass is 361 g/mol. The van der Waals surface area contributed by atoms with E-state index in [0.717, 1.165) is 28.9 Å². The molecular weight excluding hydrogens is 338 g/mol. The molecule has 5 heteroatoms. The molecule has 4 rings (SSSR count). The van der Waals surface area contributed by atoms with Crippen molar-refractivity contribution >= 4 is 5.91 Å². The molecule has 0 fully saturated rings. The molecule has 0 radical (unpaired) electrons. The van der Waals surface area contributed by atoms with Crippen LogP contribution < -0.4 is 4.74 Å². The molecule has 1 aliphatic rings. The lowest BCUT2D eigenvalue weighted by molar-refractivity contribution is 0.0729. The van der Waals surface area contributed by atoms with Crippen molar-refractivity contribution in [2.75, 3.05) is 13.7 Å². The first-order valence-electron chi connectivity index (χ1n) is 9.13. The van der Waals surface area contributed by atoms with Crippen molar-refractivity contribution in [3.05, 3.63) is 70.9 Å². The van der Waals surface area contributed by atoms with Gasteiger partial charge in [0.15, 0.2) is 0 Å². The highest BCUT2D eigenvalue weighted by Crippen LogP contribution is 2.31. The Labute approximate surface area is 159 Å². The molecular formula is C22H23N3O2. The lowest BCUT2D eigenvalue weighted by Crippen LogP contribution is -2.36. The Morgan fingerprint density at radius 1 is 1.11 bits per heavy atom. The maximum Gasteiger partial charge on any atom is 0.257 e. The molecule has 0 N–H and O–H groups in total. The highest BCUT2D eigenvalue weighted by molar-refractivity contribution is 5.97. The zero-order chi connectivity index (χ0) is 19.0. The second kappa shape index (κ2) is 6.91. The summed E-state index contributed by atoms with van der Waals surface area (Å²) in [6, 6.07) is 16.0. The third-order valence-electron chi connectivity index (χ3n) is 5.18. The number of benzene rings is 2. The van der Waals surface area contributed by atoms with E-state index in [2.05, 4.69) is 12.1 Å². The zero-order valence-electron chi connectivity index (χ0n) is 15.9. The highest BCUT2D eigenvalue weighted by Gasteiger charge is 2.28. The molecule has 27 heavy (non-hydrogen) atoms. The van der Waals surface area contributed by atoms with Crippen molar-refractivity contribution in [1.82, 2.24) is 14.7 Å². The summed E-state index contributed by atoms with van der Waals surface area (Å²) in [4.78, 5) is 15.0. The molecule has 0 unspecified atom stereocenters. The smallest absolute Gasteiger partial charge is 0.257 e. The lowest BCUT2D eigenvalue weighted by atomic mass is 9.99. The number of nitrogens with zero attached hydrogens (tertiary/aromatic N) is 3. The van der Waals surface area contributed by atoms with E-state index in [4.69, 9.17) is 9.84 Å². The van der Waals surface area contributed by atoms with E-state index in [-0.39, 0.29) is 5.91 Å². The molecule has 1 aromatic heterocycles. The fourth-order valence-electron chi connectivity index (χ4n) is 3.91. The Morgan fingerprint density at radius 3 is 2.63 bits per heavy atom. The van der Waals surface area contributed by atoms with Crippen LogP contribution in [0, 0.1) is 6.92 Å². The summed E-state index contributed by atoms with van der Waals surface area (Å²) in [5.41, 5.74) is 6.09. The quantitative estimate of drug-likeness (QED) is 0.716. The number of carbonyl (C=O) groups excluding carboxylic acids is 1. The summed E-state index contributed by atoms with van der Waals surface area (Å²) in [5.74, 6) is 0.646. The van der Waals surface area contributed by atoms with Crippen molar-refractivity contribution in [3.63, 3.8) is 0 Å². The van der Waals surface area contributed by atoms with Gasteiger partial charge in [-0.15, -0.1) is 0 Å². The van der Waals surface area contributed by atoms with E-state index in [1.54, 1.807) is 7.11 Å². The van der Waals surface area contributed by atoms with Gasteiger partial charge in [-0.05, 0) is 25.0 Å². The fourth-order valence-corrected chi connectivity index (χ4v) is 3.91. The van der Waals surface area contributed by atoms with Crippen LogP contribution in [0.2, 0.25) is 0 Å². The molecule has 0 atom stereocenters. The summed E-state index contributed by atoms with van der Waals surface area (Å²) in [6.07, 6.45) is 0.799. The van der Waals surface area contributed by atoms with Gasteiger partial charge < -0.3 is 9.64 Å². The van der Waals surface area contributed by atoms with Gasteiger partial charge in [-0.2, -0.15) is 5.10 Å². The number of methoxy groups -OCH3 is 1. The number of rotatable bonds is 3. The van der Waals surface area contributed by atoms with E-state index in [1.165, 1.54) is 5.56 Å². The van der Waals surface area contributed by atoms with Crippen LogP contribution in [0.5, 0.6) is 5.75 Å². The van der Waals surface area contributed by atoms with Crippen molar-refractivity contribution in [3.8, 4) is 17.0 Å². The topological polar surface area (TPSA) is 47.4 Å². The number of fused-ring (bicyclic) bond motifs is 1. The third-order valence-corrected chi connectivity index (χ3v) is 5.18. The highest BCUT2D eigenvalue weighted by atomic mass is 16.5. The number of hydrogen-bond donors (Lipinski definition) is 0. The molecule has 0 bridgehead atoms. The van der Waals surface area contributed by atoms with Crippen molar-refractivity contribution < 1.29 is 9.53 Å². The Kier molecular flexibility index (Phi) is 4.44. The number of hydrogen-bond acceptors (Lipinski definition) is 3. The van der Waals surface area contributed by atoms with E-state index in [1.807, 2.05) is 60.0 Å². The Bertz CT molecular complexity index is 992. The number of aromatic nitrogens is 2. The normalized spacial score (nSPS) is 13.4. The maximum absolute atomic E-state index is 13.1. The van der Waals surface area contributed by atoms with Crippen LogP contribution in [0.15, 0.2) is 48.5 Å². The minimum atomic E-state index is -0.00638. The van der Waals surface area contributed by atoms with Crippen LogP contribution in [-0.2, 0) is 20.0 Å². The summed E-state index contributed by atoms with van der Waals surface area (Å²) in [7, 11) is 3.58. The van der Waals surface area contributed by atoms with Crippen molar-refractivity contribution in [2.24, 2.45) is 7.05 Å². The van der Waals surface area contributed by atoms with Gasteiger partial charge in [-0.1, -0.05) is 42.5 Å². The maximum atomic E-state index is 13.1. The third kappa shape index (κ3) is 2.99. The molecule has 1 aliphatic heterocycles. The van der Waals surface area contributed by atoms with Gasteiger partial charge in [0.05, 0.1) is 30.6 Å². The Morgan fingerprint density at radius 2 is 1.89 bits per heavy atom. The average Bonchev–Trinajstić information content (AvgIpc) is 3.02. The van der Waals surface area contributed by atoms with Gasteiger partial charge in [-0.25, -0.2) is 0 Å². The molecule has 2 heterocycles. The lowest BCUT2D eigenvalue weighted by Gasteiger charge is -2.27. The van der Waals surface area contributed by atoms with Gasteiger partial charge in [0.1, 0.15) is 5.75 Å². The summed E-state index contributed by atoms with van der Waals surface area (Å²) in [6.45, 7) is 3.15. The van der Waals surface area contributed by atoms with Crippen LogP contribution in [0.1, 0.15) is 27.2 Å². The summed E-state index contributed by atoms with van der Waals surface area (Å²) >= 11 is 0. The predicted octanol–water partition coefficient (Wildman–Crippen LogP) is 3.60. The zero-order valence-corrected chi connectivity index (χ0v) is 15.9. The standard InChI is InChI=1S/C22H23N3O2/c1-15-8-7-11-18(21(15)27-3)22(26)25-13-12-17-19(14-25)23-24(2)20(17)16-9-5-4-6-10-16/h4-11H,12-14H2,1-3H3. The van der Waals surface area contributed by atoms with Gasteiger partial charge in [0, 0.05) is 24.7 Å². The molecule has 0 saturated carbocycles. The molecule has 5 nitrogen and oxygen atoms in total. The van der Waals surface area contributed by atoms with Crippen LogP contribution in [0.4, 0.5) is 0 Å². The number of ether oxygens (including phenoxy) is 1. The van der Waals surface area contributed by atoms with Crippen LogP contribution >= 0.6 is 0 Å². The van der Waals surface area contributed by atoms with Crippen molar-refractivity contribution in [2.45, 2.75) is 19.9 Å². The minimum Gasteiger partial charge on any atom is -0.496 e. The van der Waals surface area contributed by atoms with E-state index in [9.17, 15) is 4.79 Å². The number of carbonyl (C=O) groups is 1. The average molecular weight is 361 g/mol. The van der Waals surface area contributed by atoms with Crippen LogP contribution in [-0.4, -0.2) is 34.2 Å². The second-order valence-electron chi connectivity index (χ2n) is 6.90. The molecule has 138 valence electrons. The predicted molar refractivity (Wildman–Crippen MR) is 105 cm³/mol. The largest absolute Gasteiger partial charge is 0.496 e. The molecule has 0 spiro atoms. The van der Waals surface area contributed by atoms with Crippen LogP contribution in [0.3, 0.4) is 0 Å². The van der Waals surface area contributed by atoms with E-state index in [0.29, 0.717) is 24.4 Å². The minimum absolute atomic E-state index is 0.00638. The van der Waals surface area contributed by atoms with Crippen molar-refractivity contribution in [1.29, 1.82) is 0 Å². The van der Waals surface area contributed by atoms with Gasteiger partial charge in [-0.3, -0.25) is 9.48 Å². The number of aryl methyl sites for hydroxylation is 2. The molecule has 1 amide bonds. The van der Waals surface area contributed by atoms with E-state index >= 15 is 0 Å². The molecule has 0 saturated heterocycles. The number of para-hydroxylation sites is 1. The van der Waals surface area contributed by atoms with E-state index < -0.39 is 0 Å². The van der Waals surface area contributed by atoms with Gasteiger partial charge in [0.2, 0.25) is 0 Å². The molecule has 2 aromatic carbocycles. The Hall–Kier alpha value is -3.08. The van der Waals surface area contributed by atoms with Gasteiger partial charge >= 0.3 is 0 Å².